The molecule has 0 aliphatic heterocycles. The van der Waals surface area contributed by atoms with Crippen LogP contribution in [0.1, 0.15) is 6.92 Å². The van der Waals surface area contributed by atoms with Gasteiger partial charge >= 0.3 is 0 Å². The first-order chi connectivity index (χ1) is 11.7. The van der Waals surface area contributed by atoms with Crippen LogP contribution in [0.15, 0.2) is 48.7 Å². The molecule has 0 spiro atoms. The number of hydrogen-bond acceptors (Lipinski definition) is 5. The molecule has 6 nitrogen and oxygen atoms in total. The number of nitrogens with one attached hydrogen (secondary N) is 1. The largest absolute Gasteiger partial charge is 0.595 e. The number of quaternary nitrogens is 1. The Labute approximate surface area is 141 Å². The lowest BCUT2D eigenvalue weighted by Crippen LogP contribution is -2.99. The molecule has 1 unspecified atom stereocenters. The average molecular weight is 341 g/mol. The van der Waals surface area contributed by atoms with E-state index in [4.69, 9.17) is 4.74 Å². The predicted molar refractivity (Wildman–Crippen MR) is 93.0 cm³/mol. The molecule has 1 atom stereocenters. The summed E-state index contributed by atoms with van der Waals surface area (Å²) in [5.41, 5.74) is 2.75. The zero-order valence-electron chi connectivity index (χ0n) is 12.9. The minimum atomic E-state index is -1.01. The van der Waals surface area contributed by atoms with E-state index >= 15 is 0 Å². The van der Waals surface area contributed by atoms with Gasteiger partial charge in [0.15, 0.2) is 10.7 Å². The van der Waals surface area contributed by atoms with Crippen LogP contribution in [0.2, 0.25) is 0 Å². The summed E-state index contributed by atoms with van der Waals surface area (Å²) in [5, 5.41) is 19.9. The molecule has 0 saturated carbocycles. The van der Waals surface area contributed by atoms with Crippen molar-refractivity contribution in [3.8, 4) is 17.0 Å². The van der Waals surface area contributed by atoms with Crippen LogP contribution in [-0.2, 0) is 0 Å². The van der Waals surface area contributed by atoms with Gasteiger partial charge in [0.05, 0.1) is 22.5 Å². The minimum absolute atomic E-state index is 0.149. The molecule has 0 aliphatic rings. The van der Waals surface area contributed by atoms with Gasteiger partial charge in [-0.15, -0.1) is 0 Å². The zero-order chi connectivity index (χ0) is 16.7. The van der Waals surface area contributed by atoms with Gasteiger partial charge in [-0.25, -0.2) is 10.2 Å². The van der Waals surface area contributed by atoms with E-state index in [1.807, 2.05) is 41.8 Å². The molecule has 0 amide bonds. The van der Waals surface area contributed by atoms with Gasteiger partial charge in [-0.3, -0.25) is 4.40 Å². The van der Waals surface area contributed by atoms with Crippen LogP contribution in [-0.4, -0.2) is 21.2 Å². The lowest BCUT2D eigenvalue weighted by Gasteiger charge is -2.16. The molecule has 0 bridgehead atoms. The van der Waals surface area contributed by atoms with Crippen LogP contribution in [0.25, 0.3) is 26.4 Å². The van der Waals surface area contributed by atoms with E-state index in [1.54, 1.807) is 23.5 Å². The normalized spacial score (nSPS) is 12.8. The van der Waals surface area contributed by atoms with Crippen molar-refractivity contribution in [1.29, 1.82) is 0 Å². The van der Waals surface area contributed by atoms with Crippen molar-refractivity contribution >= 4 is 32.2 Å². The Morgan fingerprint density at radius 1 is 1.29 bits per heavy atom. The van der Waals surface area contributed by atoms with Crippen molar-refractivity contribution < 1.29 is 15.2 Å². The van der Waals surface area contributed by atoms with Crippen LogP contribution < -0.4 is 9.96 Å². The summed E-state index contributed by atoms with van der Waals surface area (Å²) >= 11 is 1.61. The Balaban J connectivity index is 1.83. The van der Waals surface area contributed by atoms with Gasteiger partial charge in [-0.2, -0.15) is 5.23 Å². The van der Waals surface area contributed by atoms with Crippen molar-refractivity contribution in [1.82, 2.24) is 9.38 Å². The number of ether oxygens (including phenoxy) is 1. The van der Waals surface area contributed by atoms with Gasteiger partial charge < -0.3 is 9.94 Å². The standard InChI is InChI=1S/C17H15N3O3S/c1-2-23-15-8-7-11(9-14(15)20(21)22)12-10-19-13-5-3-4-6-16(13)24-17(19)18-12/h3-10,20-21H,2H2,1H3. The molecule has 0 saturated heterocycles. The number of benzene rings is 2. The lowest BCUT2D eigenvalue weighted by atomic mass is 10.1. The van der Waals surface area contributed by atoms with Crippen molar-refractivity contribution in [3.63, 3.8) is 0 Å². The molecule has 122 valence electrons. The third-order valence-electron chi connectivity index (χ3n) is 3.81. The maximum atomic E-state index is 11.5. The molecular weight excluding hydrogens is 326 g/mol. The third kappa shape index (κ3) is 2.44. The zero-order valence-corrected chi connectivity index (χ0v) is 13.7. The van der Waals surface area contributed by atoms with Crippen LogP contribution in [0.5, 0.6) is 5.75 Å². The van der Waals surface area contributed by atoms with Gasteiger partial charge in [0.2, 0.25) is 5.69 Å². The highest BCUT2D eigenvalue weighted by atomic mass is 32.1. The Kier molecular flexibility index (Phi) is 3.70. The van der Waals surface area contributed by atoms with E-state index in [0.717, 1.165) is 21.7 Å². The summed E-state index contributed by atoms with van der Waals surface area (Å²) in [6, 6.07) is 13.2. The first-order valence-corrected chi connectivity index (χ1v) is 8.36. The van der Waals surface area contributed by atoms with Gasteiger partial charge in [0, 0.05) is 17.8 Å². The first kappa shape index (κ1) is 15.1. The molecule has 2 N–H and O–H groups in total. The highest BCUT2D eigenvalue weighted by Gasteiger charge is 2.15. The van der Waals surface area contributed by atoms with E-state index in [0.29, 0.717) is 12.4 Å². The number of imidazole rings is 1. The fourth-order valence-electron chi connectivity index (χ4n) is 2.73. The minimum Gasteiger partial charge on any atom is -0.595 e. The summed E-state index contributed by atoms with van der Waals surface area (Å²) in [7, 11) is 0. The number of hydrogen-bond donors (Lipinski definition) is 2. The quantitative estimate of drug-likeness (QED) is 0.560. The van der Waals surface area contributed by atoms with E-state index in [2.05, 4.69) is 11.1 Å². The molecule has 0 radical (unpaired) electrons. The van der Waals surface area contributed by atoms with Crippen molar-refractivity contribution in [3.05, 3.63) is 53.9 Å². The molecule has 0 aliphatic carbocycles. The lowest BCUT2D eigenvalue weighted by molar-refractivity contribution is -0.991. The Morgan fingerprint density at radius 3 is 2.92 bits per heavy atom. The van der Waals surface area contributed by atoms with E-state index in [1.165, 1.54) is 4.70 Å². The first-order valence-electron chi connectivity index (χ1n) is 7.54. The van der Waals surface area contributed by atoms with Gasteiger partial charge in [-0.05, 0) is 31.2 Å². The molecule has 2 aromatic carbocycles. The number of fused-ring (bicyclic) bond motifs is 3. The van der Waals surface area contributed by atoms with Gasteiger partial charge in [0.25, 0.3) is 0 Å². The second kappa shape index (κ2) is 5.88. The molecule has 4 rings (SSSR count). The second-order valence-corrected chi connectivity index (χ2v) is 6.31. The van der Waals surface area contributed by atoms with Crippen LogP contribution in [0.4, 0.5) is 5.69 Å². The van der Waals surface area contributed by atoms with Gasteiger partial charge in [-0.1, -0.05) is 23.5 Å². The van der Waals surface area contributed by atoms with Gasteiger partial charge in [0.1, 0.15) is 0 Å². The fraction of sp³-hybridized carbons (Fsp3) is 0.118. The van der Waals surface area contributed by atoms with E-state index < -0.39 is 5.23 Å². The molecular formula is C17H15N3O3S. The number of para-hydroxylation sites is 1. The maximum Gasteiger partial charge on any atom is 0.206 e. The van der Waals surface area contributed by atoms with Crippen molar-refractivity contribution in [2.24, 2.45) is 0 Å². The van der Waals surface area contributed by atoms with Crippen molar-refractivity contribution in [2.75, 3.05) is 6.61 Å². The topological polar surface area (TPSA) is 74.3 Å². The number of rotatable bonds is 4. The number of nitrogens with zero attached hydrogens (tertiary/aromatic N) is 2. The molecule has 2 heterocycles. The molecule has 4 aromatic rings. The number of thiazole rings is 1. The van der Waals surface area contributed by atoms with Crippen molar-refractivity contribution in [2.45, 2.75) is 6.92 Å². The van der Waals surface area contributed by atoms with E-state index in [-0.39, 0.29) is 5.69 Å². The predicted octanol–water partition coefficient (Wildman–Crippen LogP) is 3.02. The average Bonchev–Trinajstić information content (AvgIpc) is 3.13. The summed E-state index contributed by atoms with van der Waals surface area (Å²) in [5.74, 6) is 0.375. The van der Waals surface area contributed by atoms with E-state index in [9.17, 15) is 10.4 Å². The van der Waals surface area contributed by atoms with Crippen LogP contribution in [0.3, 0.4) is 0 Å². The summed E-state index contributed by atoms with van der Waals surface area (Å²) in [4.78, 5) is 5.53. The third-order valence-corrected chi connectivity index (χ3v) is 4.84. The smallest absolute Gasteiger partial charge is 0.206 e. The second-order valence-electron chi connectivity index (χ2n) is 5.30. The maximum absolute atomic E-state index is 11.5. The Morgan fingerprint density at radius 2 is 2.12 bits per heavy atom. The summed E-state index contributed by atoms with van der Waals surface area (Å²) in [6.07, 6.45) is 1.94. The molecule has 0 fully saturated rings. The molecule has 2 aromatic heterocycles. The SMILES string of the molecule is CCOc1ccc(-c2cn3c(n2)sc2ccccc23)cc1[NH+]([O-])O. The summed E-state index contributed by atoms with van der Waals surface area (Å²) < 4.78 is 8.59. The highest BCUT2D eigenvalue weighted by molar-refractivity contribution is 7.23. The highest BCUT2D eigenvalue weighted by Crippen LogP contribution is 2.32. The Hall–Kier alpha value is -2.45. The number of aromatic nitrogens is 2. The summed E-state index contributed by atoms with van der Waals surface area (Å²) in [6.45, 7) is 2.25. The molecule has 24 heavy (non-hydrogen) atoms. The fourth-order valence-corrected chi connectivity index (χ4v) is 3.73. The monoisotopic (exact) mass is 341 g/mol. The van der Waals surface area contributed by atoms with Crippen LogP contribution >= 0.6 is 11.3 Å². The molecule has 7 heteroatoms. The van der Waals surface area contributed by atoms with Crippen LogP contribution in [0, 0.1) is 5.21 Å². The Bertz CT molecular complexity index is 1020.